The summed E-state index contributed by atoms with van der Waals surface area (Å²) in [5, 5.41) is 3.07. The number of fused-ring (bicyclic) bond motifs is 1. The average molecular weight is 396 g/mol. The van der Waals surface area contributed by atoms with Gasteiger partial charge in [0.1, 0.15) is 0 Å². The number of aromatic nitrogens is 2. The van der Waals surface area contributed by atoms with E-state index in [-0.39, 0.29) is 11.5 Å². The van der Waals surface area contributed by atoms with Gasteiger partial charge in [-0.05, 0) is 24.6 Å². The molecule has 0 unspecified atom stereocenters. The fourth-order valence-electron chi connectivity index (χ4n) is 3.32. The number of aryl methyl sites for hydroxylation is 1. The van der Waals surface area contributed by atoms with E-state index in [1.165, 1.54) is 7.11 Å². The van der Waals surface area contributed by atoms with Gasteiger partial charge in [0.2, 0.25) is 5.95 Å². The number of H-pyrrole nitrogens is 1. The number of hydrogen-bond acceptors (Lipinski definition) is 6. The van der Waals surface area contributed by atoms with Gasteiger partial charge in [-0.1, -0.05) is 12.1 Å². The van der Waals surface area contributed by atoms with E-state index in [0.717, 1.165) is 5.56 Å². The van der Waals surface area contributed by atoms with Gasteiger partial charge in [-0.25, -0.2) is 4.98 Å². The van der Waals surface area contributed by atoms with E-state index >= 15 is 0 Å². The Bertz CT molecular complexity index is 1120. The summed E-state index contributed by atoms with van der Waals surface area (Å²) in [5.74, 6) is 1.30. The van der Waals surface area contributed by atoms with Crippen LogP contribution in [0.2, 0.25) is 0 Å². The lowest BCUT2D eigenvalue weighted by Crippen LogP contribution is -2.23. The van der Waals surface area contributed by atoms with Crippen LogP contribution in [0.15, 0.2) is 35.1 Å². The second kappa shape index (κ2) is 8.22. The zero-order valence-corrected chi connectivity index (χ0v) is 17.1. The number of nitrogens with zero attached hydrogens (tertiary/aromatic N) is 2. The summed E-state index contributed by atoms with van der Waals surface area (Å²) >= 11 is 0. The molecular formula is C21H24N4O4. The number of amides is 1. The number of hydrogen-bond donors (Lipinski definition) is 2. The Balaban J connectivity index is 2.00. The zero-order valence-electron chi connectivity index (χ0n) is 17.1. The summed E-state index contributed by atoms with van der Waals surface area (Å²) < 4.78 is 10.8. The maximum atomic E-state index is 12.8. The first-order valence-corrected chi connectivity index (χ1v) is 9.07. The van der Waals surface area contributed by atoms with Crippen LogP contribution in [0.5, 0.6) is 11.5 Å². The van der Waals surface area contributed by atoms with E-state index in [1.807, 2.05) is 30.1 Å². The number of carbonyl (C=O) groups excluding carboxylic acids is 1. The van der Waals surface area contributed by atoms with Gasteiger partial charge in [-0.3, -0.25) is 14.6 Å². The number of carbonyl (C=O) groups is 1. The molecule has 3 aromatic rings. The van der Waals surface area contributed by atoms with E-state index in [0.29, 0.717) is 46.0 Å². The Kier molecular flexibility index (Phi) is 5.72. The van der Waals surface area contributed by atoms with E-state index in [4.69, 9.17) is 9.47 Å². The first kappa shape index (κ1) is 20.2. The van der Waals surface area contributed by atoms with Crippen molar-refractivity contribution in [3.63, 3.8) is 0 Å². The molecule has 0 atom stereocenters. The van der Waals surface area contributed by atoms with Crippen LogP contribution in [0, 0.1) is 6.92 Å². The normalized spacial score (nSPS) is 10.7. The predicted octanol–water partition coefficient (Wildman–Crippen LogP) is 2.24. The molecular weight excluding hydrogens is 372 g/mol. The van der Waals surface area contributed by atoms with Crippen LogP contribution in [0.4, 0.5) is 5.95 Å². The molecule has 1 heterocycles. The molecule has 1 aromatic heterocycles. The summed E-state index contributed by atoms with van der Waals surface area (Å²) in [5.41, 5.74) is 2.42. The summed E-state index contributed by atoms with van der Waals surface area (Å²) in [6.07, 6.45) is 0. The molecule has 152 valence electrons. The first-order chi connectivity index (χ1) is 13.9. The second-order valence-electron chi connectivity index (χ2n) is 6.66. The molecule has 3 rings (SSSR count). The summed E-state index contributed by atoms with van der Waals surface area (Å²) in [4.78, 5) is 33.9. The van der Waals surface area contributed by atoms with Crippen LogP contribution >= 0.6 is 0 Å². The van der Waals surface area contributed by atoms with Crippen molar-refractivity contribution in [3.8, 4) is 11.5 Å². The van der Waals surface area contributed by atoms with E-state index in [2.05, 4.69) is 15.3 Å². The molecule has 0 aliphatic rings. The predicted molar refractivity (Wildman–Crippen MR) is 112 cm³/mol. The second-order valence-corrected chi connectivity index (χ2v) is 6.66. The quantitative estimate of drug-likeness (QED) is 0.663. The van der Waals surface area contributed by atoms with E-state index < -0.39 is 0 Å². The van der Waals surface area contributed by atoms with Crippen molar-refractivity contribution in [2.24, 2.45) is 0 Å². The third kappa shape index (κ3) is 3.87. The fourth-order valence-corrected chi connectivity index (χ4v) is 3.32. The van der Waals surface area contributed by atoms with Gasteiger partial charge < -0.3 is 19.7 Å². The Hall–Kier alpha value is -3.55. The van der Waals surface area contributed by atoms with Crippen LogP contribution < -0.4 is 25.2 Å². The van der Waals surface area contributed by atoms with Crippen LogP contribution in [-0.2, 0) is 6.54 Å². The Labute approximate surface area is 168 Å². The van der Waals surface area contributed by atoms with Gasteiger partial charge in [0.15, 0.2) is 11.5 Å². The van der Waals surface area contributed by atoms with Crippen molar-refractivity contribution < 1.29 is 14.3 Å². The molecule has 0 saturated heterocycles. The van der Waals surface area contributed by atoms with Gasteiger partial charge in [-0.15, -0.1) is 0 Å². The number of ether oxygens (including phenoxy) is 2. The van der Waals surface area contributed by atoms with Gasteiger partial charge in [0.25, 0.3) is 11.5 Å². The van der Waals surface area contributed by atoms with Gasteiger partial charge in [-0.2, -0.15) is 0 Å². The molecule has 0 fully saturated rings. The molecule has 0 spiro atoms. The van der Waals surface area contributed by atoms with Crippen molar-refractivity contribution in [1.29, 1.82) is 0 Å². The highest BCUT2D eigenvalue weighted by Crippen LogP contribution is 2.35. The molecule has 2 aromatic carbocycles. The van der Waals surface area contributed by atoms with Gasteiger partial charge in [0.05, 0.1) is 25.1 Å². The number of nitrogens with one attached hydrogen (secondary N) is 2. The van der Waals surface area contributed by atoms with Crippen molar-refractivity contribution in [2.75, 3.05) is 33.2 Å². The average Bonchev–Trinajstić information content (AvgIpc) is 2.72. The molecule has 2 N–H and O–H groups in total. The lowest BCUT2D eigenvalue weighted by atomic mass is 10.1. The SMILES string of the molecule is CNC(=O)c1cccc(CN(C)c2nc3cc(OC)c(OC)c(C)c3c(=O)[nH]2)c1. The molecule has 0 bridgehead atoms. The molecule has 29 heavy (non-hydrogen) atoms. The Morgan fingerprint density at radius 3 is 2.66 bits per heavy atom. The summed E-state index contributed by atoms with van der Waals surface area (Å²) in [6, 6.07) is 9.00. The number of benzene rings is 2. The highest BCUT2D eigenvalue weighted by molar-refractivity contribution is 5.94. The highest BCUT2D eigenvalue weighted by atomic mass is 16.5. The van der Waals surface area contributed by atoms with Crippen molar-refractivity contribution in [3.05, 3.63) is 57.4 Å². The van der Waals surface area contributed by atoms with Crippen molar-refractivity contribution >= 4 is 22.8 Å². The fraction of sp³-hybridized carbons (Fsp3) is 0.286. The number of methoxy groups -OCH3 is 2. The molecule has 8 heteroatoms. The van der Waals surface area contributed by atoms with Crippen molar-refractivity contribution in [2.45, 2.75) is 13.5 Å². The Morgan fingerprint density at radius 1 is 1.24 bits per heavy atom. The minimum absolute atomic E-state index is 0.150. The minimum Gasteiger partial charge on any atom is -0.493 e. The molecule has 1 amide bonds. The maximum absolute atomic E-state index is 12.8. The molecule has 0 radical (unpaired) electrons. The summed E-state index contributed by atoms with van der Waals surface area (Å²) in [7, 11) is 6.50. The van der Waals surface area contributed by atoms with Gasteiger partial charge >= 0.3 is 0 Å². The minimum atomic E-state index is -0.255. The smallest absolute Gasteiger partial charge is 0.260 e. The monoisotopic (exact) mass is 396 g/mol. The van der Waals surface area contributed by atoms with E-state index in [1.54, 1.807) is 33.2 Å². The standard InChI is InChI=1S/C21H24N4O4/c1-12-17-15(10-16(28-4)18(12)29-5)23-21(24-20(17)27)25(3)11-13-7-6-8-14(9-13)19(26)22-2/h6-10H,11H2,1-5H3,(H,22,26)(H,23,24,27). The van der Waals surface area contributed by atoms with Crippen LogP contribution in [0.25, 0.3) is 10.9 Å². The largest absolute Gasteiger partial charge is 0.493 e. The lowest BCUT2D eigenvalue weighted by molar-refractivity contribution is 0.0963. The lowest BCUT2D eigenvalue weighted by Gasteiger charge is -2.19. The highest BCUT2D eigenvalue weighted by Gasteiger charge is 2.17. The Morgan fingerprint density at radius 2 is 2.00 bits per heavy atom. The first-order valence-electron chi connectivity index (χ1n) is 9.07. The van der Waals surface area contributed by atoms with Gasteiger partial charge in [0, 0.05) is 37.8 Å². The number of anilines is 1. The van der Waals surface area contributed by atoms with Crippen molar-refractivity contribution in [1.82, 2.24) is 15.3 Å². The zero-order chi connectivity index (χ0) is 21.1. The number of aromatic amines is 1. The molecule has 0 aliphatic heterocycles. The number of rotatable bonds is 6. The molecule has 0 aliphatic carbocycles. The van der Waals surface area contributed by atoms with Crippen LogP contribution in [-0.4, -0.2) is 44.2 Å². The van der Waals surface area contributed by atoms with E-state index in [9.17, 15) is 9.59 Å². The molecule has 8 nitrogen and oxygen atoms in total. The summed E-state index contributed by atoms with van der Waals surface area (Å²) in [6.45, 7) is 2.26. The third-order valence-corrected chi connectivity index (χ3v) is 4.76. The third-order valence-electron chi connectivity index (χ3n) is 4.76. The molecule has 0 saturated carbocycles. The van der Waals surface area contributed by atoms with Crippen LogP contribution in [0.1, 0.15) is 21.5 Å². The van der Waals surface area contributed by atoms with Crippen LogP contribution in [0.3, 0.4) is 0 Å². The maximum Gasteiger partial charge on any atom is 0.260 e. The topological polar surface area (TPSA) is 96.6 Å².